The number of ether oxygens (including phenoxy) is 1. The standard InChI is InChI=1S/C15H23NO4/c1-14(13(18)19,12(17)16-11-3-4-11)10-5-8-20-15(9-10)6-2-7-15/h10-11H,2-9H2,1H3,(H,16,17)(H,18,19). The summed E-state index contributed by atoms with van der Waals surface area (Å²) in [5, 5.41) is 12.5. The maximum atomic E-state index is 12.4. The highest BCUT2D eigenvalue weighted by Crippen LogP contribution is 2.49. The zero-order valence-electron chi connectivity index (χ0n) is 12.0. The van der Waals surface area contributed by atoms with Gasteiger partial charge in [-0.1, -0.05) is 0 Å². The second-order valence-corrected chi connectivity index (χ2v) is 6.83. The second-order valence-electron chi connectivity index (χ2n) is 6.83. The third-order valence-electron chi connectivity index (χ3n) is 5.40. The van der Waals surface area contributed by atoms with Gasteiger partial charge in [-0.05, 0) is 57.8 Å². The van der Waals surface area contributed by atoms with Crippen LogP contribution in [-0.2, 0) is 14.3 Å². The number of carbonyl (C=O) groups excluding carboxylic acids is 1. The Hall–Kier alpha value is -1.10. The molecule has 0 aromatic heterocycles. The Morgan fingerprint density at radius 3 is 2.50 bits per heavy atom. The molecule has 2 aliphatic carbocycles. The molecule has 5 nitrogen and oxygen atoms in total. The molecule has 1 spiro atoms. The quantitative estimate of drug-likeness (QED) is 0.769. The lowest BCUT2D eigenvalue weighted by atomic mass is 9.64. The topological polar surface area (TPSA) is 75.6 Å². The van der Waals surface area contributed by atoms with Crippen molar-refractivity contribution in [3.05, 3.63) is 0 Å². The molecule has 0 aromatic carbocycles. The molecule has 3 aliphatic rings. The van der Waals surface area contributed by atoms with E-state index in [4.69, 9.17) is 4.74 Å². The van der Waals surface area contributed by atoms with Crippen molar-refractivity contribution in [3.8, 4) is 0 Å². The van der Waals surface area contributed by atoms with Gasteiger partial charge in [-0.3, -0.25) is 9.59 Å². The maximum absolute atomic E-state index is 12.4. The van der Waals surface area contributed by atoms with Crippen molar-refractivity contribution >= 4 is 11.9 Å². The molecule has 2 N–H and O–H groups in total. The molecule has 1 aliphatic heterocycles. The van der Waals surface area contributed by atoms with Crippen molar-refractivity contribution in [2.24, 2.45) is 11.3 Å². The lowest BCUT2D eigenvalue weighted by Crippen LogP contribution is -2.55. The number of rotatable bonds is 4. The summed E-state index contributed by atoms with van der Waals surface area (Å²) in [5.41, 5.74) is -1.46. The van der Waals surface area contributed by atoms with E-state index < -0.39 is 11.4 Å². The fourth-order valence-electron chi connectivity index (χ4n) is 3.46. The molecule has 3 fully saturated rings. The highest BCUT2D eigenvalue weighted by Gasteiger charge is 2.54. The van der Waals surface area contributed by atoms with Gasteiger partial charge in [0.05, 0.1) is 5.60 Å². The molecular formula is C15H23NO4. The van der Waals surface area contributed by atoms with Crippen LogP contribution in [0.2, 0.25) is 0 Å². The van der Waals surface area contributed by atoms with E-state index in [0.717, 1.165) is 32.1 Å². The average molecular weight is 281 g/mol. The van der Waals surface area contributed by atoms with Crippen molar-refractivity contribution in [1.82, 2.24) is 5.32 Å². The van der Waals surface area contributed by atoms with E-state index in [9.17, 15) is 14.7 Å². The van der Waals surface area contributed by atoms with Gasteiger partial charge in [-0.25, -0.2) is 0 Å². The first-order valence-corrected chi connectivity index (χ1v) is 7.65. The van der Waals surface area contributed by atoms with E-state index in [1.807, 2.05) is 0 Å². The van der Waals surface area contributed by atoms with Crippen LogP contribution in [0.1, 0.15) is 51.9 Å². The fourth-order valence-corrected chi connectivity index (χ4v) is 3.46. The molecule has 5 heteroatoms. The van der Waals surface area contributed by atoms with Crippen molar-refractivity contribution in [1.29, 1.82) is 0 Å². The minimum atomic E-state index is -1.32. The van der Waals surface area contributed by atoms with E-state index in [1.165, 1.54) is 0 Å². The maximum Gasteiger partial charge on any atom is 0.319 e. The van der Waals surface area contributed by atoms with E-state index in [1.54, 1.807) is 6.92 Å². The molecule has 0 bridgehead atoms. The minimum absolute atomic E-state index is 0.132. The smallest absolute Gasteiger partial charge is 0.319 e. The summed E-state index contributed by atoms with van der Waals surface area (Å²) in [6, 6.07) is 0.193. The van der Waals surface area contributed by atoms with Gasteiger partial charge in [0.25, 0.3) is 0 Å². The summed E-state index contributed by atoms with van der Waals surface area (Å²) < 4.78 is 5.86. The Morgan fingerprint density at radius 2 is 2.00 bits per heavy atom. The molecule has 2 atom stereocenters. The summed E-state index contributed by atoms with van der Waals surface area (Å²) in [6.45, 7) is 2.17. The van der Waals surface area contributed by atoms with Crippen LogP contribution in [0.4, 0.5) is 0 Å². The van der Waals surface area contributed by atoms with Crippen LogP contribution in [0.25, 0.3) is 0 Å². The highest BCUT2D eigenvalue weighted by atomic mass is 16.5. The van der Waals surface area contributed by atoms with Crippen molar-refractivity contribution in [3.63, 3.8) is 0 Å². The zero-order valence-corrected chi connectivity index (χ0v) is 12.0. The molecule has 2 unspecified atom stereocenters. The third kappa shape index (κ3) is 2.22. The fraction of sp³-hybridized carbons (Fsp3) is 0.867. The van der Waals surface area contributed by atoms with Crippen molar-refractivity contribution in [2.75, 3.05) is 6.61 Å². The SMILES string of the molecule is CC(C(=O)O)(C(=O)NC1CC1)C1CCOC2(CCC2)C1. The Kier molecular flexibility index (Phi) is 3.27. The Balaban J connectivity index is 1.77. The van der Waals surface area contributed by atoms with Crippen LogP contribution >= 0.6 is 0 Å². The van der Waals surface area contributed by atoms with Gasteiger partial charge < -0.3 is 15.2 Å². The van der Waals surface area contributed by atoms with Crippen LogP contribution in [0, 0.1) is 11.3 Å². The molecule has 112 valence electrons. The summed E-state index contributed by atoms with van der Waals surface area (Å²) in [6.07, 6.45) is 6.45. The van der Waals surface area contributed by atoms with Gasteiger partial charge in [0.1, 0.15) is 5.41 Å². The summed E-state index contributed by atoms with van der Waals surface area (Å²) in [7, 11) is 0. The normalized spacial score (nSPS) is 31.1. The predicted molar refractivity (Wildman–Crippen MR) is 72.2 cm³/mol. The summed E-state index contributed by atoms with van der Waals surface area (Å²) in [4.78, 5) is 24.2. The predicted octanol–water partition coefficient (Wildman–Crippen LogP) is 1.71. The number of carboxylic acid groups (broad SMARTS) is 1. The highest BCUT2D eigenvalue weighted by molar-refractivity contribution is 6.02. The first-order chi connectivity index (χ1) is 9.46. The summed E-state index contributed by atoms with van der Waals surface area (Å²) in [5.74, 6) is -1.45. The van der Waals surface area contributed by atoms with E-state index in [2.05, 4.69) is 5.32 Å². The van der Waals surface area contributed by atoms with Gasteiger partial charge >= 0.3 is 5.97 Å². The lowest BCUT2D eigenvalue weighted by Gasteiger charge is -2.50. The van der Waals surface area contributed by atoms with Crippen molar-refractivity contribution < 1.29 is 19.4 Å². The number of aliphatic carboxylic acids is 1. The first kappa shape index (κ1) is 13.9. The number of amides is 1. The summed E-state index contributed by atoms with van der Waals surface area (Å²) >= 11 is 0. The Labute approximate surface area is 119 Å². The molecule has 2 saturated carbocycles. The number of carbonyl (C=O) groups is 2. The first-order valence-electron chi connectivity index (χ1n) is 7.65. The lowest BCUT2D eigenvalue weighted by molar-refractivity contribution is -0.178. The second kappa shape index (κ2) is 4.72. The largest absolute Gasteiger partial charge is 0.480 e. The van der Waals surface area contributed by atoms with E-state index in [-0.39, 0.29) is 23.5 Å². The van der Waals surface area contributed by atoms with Crippen LogP contribution < -0.4 is 5.32 Å². The average Bonchev–Trinajstić information content (AvgIpc) is 3.19. The molecule has 3 rings (SSSR count). The Morgan fingerprint density at radius 1 is 1.30 bits per heavy atom. The number of hydrogen-bond acceptors (Lipinski definition) is 3. The van der Waals surface area contributed by atoms with Gasteiger partial charge in [0, 0.05) is 12.6 Å². The minimum Gasteiger partial charge on any atom is -0.480 e. The number of nitrogens with one attached hydrogen (secondary N) is 1. The van der Waals surface area contributed by atoms with Crippen molar-refractivity contribution in [2.45, 2.75) is 63.5 Å². The molecule has 1 heterocycles. The van der Waals surface area contributed by atoms with Gasteiger partial charge in [0.2, 0.25) is 5.91 Å². The molecule has 0 aromatic rings. The number of carboxylic acids is 1. The van der Waals surface area contributed by atoms with Gasteiger partial charge in [0.15, 0.2) is 0 Å². The molecular weight excluding hydrogens is 258 g/mol. The van der Waals surface area contributed by atoms with Gasteiger partial charge in [-0.15, -0.1) is 0 Å². The van der Waals surface area contributed by atoms with E-state index in [0.29, 0.717) is 19.4 Å². The van der Waals surface area contributed by atoms with Crippen LogP contribution in [0.15, 0.2) is 0 Å². The molecule has 1 amide bonds. The van der Waals surface area contributed by atoms with Crippen LogP contribution in [-0.4, -0.2) is 35.2 Å². The van der Waals surface area contributed by atoms with Gasteiger partial charge in [-0.2, -0.15) is 0 Å². The third-order valence-corrected chi connectivity index (χ3v) is 5.40. The zero-order chi connectivity index (χ0) is 14.4. The van der Waals surface area contributed by atoms with E-state index >= 15 is 0 Å². The molecule has 20 heavy (non-hydrogen) atoms. The van der Waals surface area contributed by atoms with Crippen LogP contribution in [0.3, 0.4) is 0 Å². The number of hydrogen-bond donors (Lipinski definition) is 2. The monoisotopic (exact) mass is 281 g/mol. The molecule has 0 radical (unpaired) electrons. The molecule has 1 saturated heterocycles. The Bertz CT molecular complexity index is 428. The van der Waals surface area contributed by atoms with Crippen LogP contribution in [0.5, 0.6) is 0 Å².